The number of rotatable bonds is 5. The smallest absolute Gasteiger partial charge is 0.231 e. The van der Waals surface area contributed by atoms with E-state index in [1.807, 2.05) is 23.1 Å². The van der Waals surface area contributed by atoms with Gasteiger partial charge >= 0.3 is 0 Å². The van der Waals surface area contributed by atoms with Crippen LogP contribution in [-0.4, -0.2) is 53.7 Å². The van der Waals surface area contributed by atoms with Crippen molar-refractivity contribution in [1.82, 2.24) is 14.8 Å². The Kier molecular flexibility index (Phi) is 6.29. The van der Waals surface area contributed by atoms with Gasteiger partial charge in [-0.2, -0.15) is 0 Å². The molecule has 1 aromatic heterocycles. The Bertz CT molecular complexity index is 890. The second-order valence-corrected chi connectivity index (χ2v) is 9.95. The standard InChI is InChI=1S/C23H31N3O3S/c1-23(2,3)22-24-18(15-30-22)14-25-9-4-10-26(12-11-25)21(27)8-6-17-5-7-19-20(13-17)29-16-28-19/h5,7,13,15H,4,6,8-12,14,16H2,1-3H3. The van der Waals surface area contributed by atoms with E-state index in [0.29, 0.717) is 6.42 Å². The summed E-state index contributed by atoms with van der Waals surface area (Å²) in [6.45, 7) is 11.3. The number of thiazole rings is 1. The SMILES string of the molecule is CC(C)(C)c1nc(CN2CCCN(C(=O)CCc3ccc4c(c3)OCO4)CC2)cs1. The Balaban J connectivity index is 1.26. The highest BCUT2D eigenvalue weighted by molar-refractivity contribution is 7.09. The first-order valence-electron chi connectivity index (χ1n) is 10.7. The molecule has 30 heavy (non-hydrogen) atoms. The number of amides is 1. The van der Waals surface area contributed by atoms with Crippen molar-refractivity contribution in [3.8, 4) is 11.5 Å². The molecule has 0 bridgehead atoms. The van der Waals surface area contributed by atoms with Crippen LogP contribution in [0.3, 0.4) is 0 Å². The van der Waals surface area contributed by atoms with Gasteiger partial charge in [-0.1, -0.05) is 26.8 Å². The molecule has 1 fully saturated rings. The molecule has 0 aliphatic carbocycles. The monoisotopic (exact) mass is 429 g/mol. The van der Waals surface area contributed by atoms with E-state index in [1.54, 1.807) is 11.3 Å². The van der Waals surface area contributed by atoms with Crippen LogP contribution in [0.25, 0.3) is 0 Å². The van der Waals surface area contributed by atoms with E-state index >= 15 is 0 Å². The summed E-state index contributed by atoms with van der Waals surface area (Å²) in [6, 6.07) is 5.93. The third kappa shape index (κ3) is 5.13. The Morgan fingerprint density at radius 2 is 1.97 bits per heavy atom. The van der Waals surface area contributed by atoms with Crippen molar-refractivity contribution in [2.24, 2.45) is 0 Å². The lowest BCUT2D eigenvalue weighted by molar-refractivity contribution is -0.131. The summed E-state index contributed by atoms with van der Waals surface area (Å²) in [4.78, 5) is 22.0. The molecule has 0 atom stereocenters. The van der Waals surface area contributed by atoms with Crippen LogP contribution in [-0.2, 0) is 23.2 Å². The molecular weight excluding hydrogens is 398 g/mol. The van der Waals surface area contributed by atoms with E-state index < -0.39 is 0 Å². The summed E-state index contributed by atoms with van der Waals surface area (Å²) in [6.07, 6.45) is 2.26. The van der Waals surface area contributed by atoms with Crippen LogP contribution in [0.1, 0.15) is 49.9 Å². The fourth-order valence-corrected chi connectivity index (χ4v) is 4.74. The van der Waals surface area contributed by atoms with Crippen LogP contribution in [0, 0.1) is 0 Å². The quantitative estimate of drug-likeness (QED) is 0.723. The minimum atomic E-state index is 0.100. The molecular formula is C23H31N3O3S. The number of aromatic nitrogens is 1. The summed E-state index contributed by atoms with van der Waals surface area (Å²) in [5, 5.41) is 3.37. The van der Waals surface area contributed by atoms with E-state index in [-0.39, 0.29) is 18.1 Å². The number of fused-ring (bicyclic) bond motifs is 1. The summed E-state index contributed by atoms with van der Waals surface area (Å²) in [7, 11) is 0. The highest BCUT2D eigenvalue weighted by Gasteiger charge is 2.22. The van der Waals surface area contributed by atoms with E-state index in [1.165, 1.54) is 5.01 Å². The van der Waals surface area contributed by atoms with Gasteiger partial charge in [0.15, 0.2) is 11.5 Å². The number of ether oxygens (including phenoxy) is 2. The zero-order valence-electron chi connectivity index (χ0n) is 18.1. The lowest BCUT2D eigenvalue weighted by Gasteiger charge is -2.21. The molecule has 2 aliphatic rings. The fraction of sp³-hybridized carbons (Fsp3) is 0.565. The number of carbonyl (C=O) groups excluding carboxylic acids is 1. The Morgan fingerprint density at radius 3 is 2.77 bits per heavy atom. The van der Waals surface area contributed by atoms with E-state index in [2.05, 4.69) is 31.1 Å². The largest absolute Gasteiger partial charge is 0.454 e. The molecule has 1 saturated heterocycles. The first-order chi connectivity index (χ1) is 14.4. The van der Waals surface area contributed by atoms with Crippen molar-refractivity contribution in [3.63, 3.8) is 0 Å². The molecule has 0 spiro atoms. The second-order valence-electron chi connectivity index (χ2n) is 9.09. The summed E-state index contributed by atoms with van der Waals surface area (Å²) < 4.78 is 10.8. The molecule has 1 aromatic carbocycles. The summed E-state index contributed by atoms with van der Waals surface area (Å²) in [5.74, 6) is 1.80. The number of hydrogen-bond acceptors (Lipinski definition) is 6. The number of benzene rings is 1. The van der Waals surface area contributed by atoms with Gasteiger partial charge in [0.2, 0.25) is 12.7 Å². The molecule has 7 heteroatoms. The van der Waals surface area contributed by atoms with E-state index in [4.69, 9.17) is 14.5 Å². The van der Waals surface area contributed by atoms with Gasteiger partial charge in [0.1, 0.15) is 0 Å². The van der Waals surface area contributed by atoms with E-state index in [9.17, 15) is 4.79 Å². The first kappa shape index (κ1) is 21.1. The number of nitrogens with zero attached hydrogens (tertiary/aromatic N) is 3. The molecule has 4 rings (SSSR count). The average molecular weight is 430 g/mol. The zero-order valence-corrected chi connectivity index (χ0v) is 19.0. The average Bonchev–Trinajstić information content (AvgIpc) is 3.31. The minimum absolute atomic E-state index is 0.100. The maximum Gasteiger partial charge on any atom is 0.231 e. The molecule has 2 aromatic rings. The Morgan fingerprint density at radius 1 is 1.13 bits per heavy atom. The van der Waals surface area contributed by atoms with Crippen LogP contribution in [0.2, 0.25) is 0 Å². The molecule has 0 unspecified atom stereocenters. The molecule has 2 aliphatic heterocycles. The molecule has 1 amide bonds. The van der Waals surface area contributed by atoms with Crippen molar-refractivity contribution >= 4 is 17.2 Å². The second kappa shape index (κ2) is 8.94. The van der Waals surface area contributed by atoms with Crippen molar-refractivity contribution in [2.45, 2.75) is 52.0 Å². The molecule has 0 saturated carbocycles. The third-order valence-electron chi connectivity index (χ3n) is 5.58. The van der Waals surface area contributed by atoms with Crippen molar-refractivity contribution in [1.29, 1.82) is 0 Å². The van der Waals surface area contributed by atoms with Crippen LogP contribution in [0.15, 0.2) is 23.6 Å². The third-order valence-corrected chi connectivity index (χ3v) is 6.90. The fourth-order valence-electron chi connectivity index (χ4n) is 3.84. The maximum absolute atomic E-state index is 12.8. The Hall–Kier alpha value is -2.12. The lowest BCUT2D eigenvalue weighted by Crippen LogP contribution is -2.35. The van der Waals surface area contributed by atoms with Gasteiger partial charge in [0.05, 0.1) is 10.7 Å². The van der Waals surface area contributed by atoms with Crippen LogP contribution in [0.4, 0.5) is 0 Å². The number of aryl methyl sites for hydroxylation is 1. The van der Waals surface area contributed by atoms with Gasteiger partial charge in [0.25, 0.3) is 0 Å². The van der Waals surface area contributed by atoms with Crippen molar-refractivity contribution in [3.05, 3.63) is 39.8 Å². The molecule has 0 N–H and O–H groups in total. The minimum Gasteiger partial charge on any atom is -0.454 e. The normalized spacial score (nSPS) is 17.2. The van der Waals surface area contributed by atoms with Gasteiger partial charge in [0, 0.05) is 49.9 Å². The lowest BCUT2D eigenvalue weighted by atomic mass is 9.98. The molecule has 162 valence electrons. The van der Waals surface area contributed by atoms with Gasteiger partial charge in [-0.25, -0.2) is 4.98 Å². The zero-order chi connectivity index (χ0) is 21.1. The molecule has 0 radical (unpaired) electrons. The molecule has 6 nitrogen and oxygen atoms in total. The highest BCUT2D eigenvalue weighted by atomic mass is 32.1. The summed E-state index contributed by atoms with van der Waals surface area (Å²) >= 11 is 1.75. The maximum atomic E-state index is 12.8. The predicted molar refractivity (Wildman–Crippen MR) is 118 cm³/mol. The summed E-state index contributed by atoms with van der Waals surface area (Å²) in [5.41, 5.74) is 2.36. The number of hydrogen-bond donors (Lipinski definition) is 0. The number of carbonyl (C=O) groups is 1. The Labute approximate surface area is 182 Å². The van der Waals surface area contributed by atoms with Gasteiger partial charge < -0.3 is 14.4 Å². The topological polar surface area (TPSA) is 54.9 Å². The predicted octanol–water partition coefficient (Wildman–Crippen LogP) is 3.84. The van der Waals surface area contributed by atoms with Gasteiger partial charge in [-0.3, -0.25) is 9.69 Å². The van der Waals surface area contributed by atoms with Crippen LogP contribution in [0.5, 0.6) is 11.5 Å². The highest BCUT2D eigenvalue weighted by Crippen LogP contribution is 2.32. The first-order valence-corrected chi connectivity index (χ1v) is 11.6. The molecule has 3 heterocycles. The van der Waals surface area contributed by atoms with Gasteiger partial charge in [-0.15, -0.1) is 11.3 Å². The van der Waals surface area contributed by atoms with Crippen molar-refractivity contribution in [2.75, 3.05) is 33.0 Å². The van der Waals surface area contributed by atoms with E-state index in [0.717, 1.165) is 68.3 Å². The van der Waals surface area contributed by atoms with Crippen LogP contribution >= 0.6 is 11.3 Å². The van der Waals surface area contributed by atoms with Crippen LogP contribution < -0.4 is 9.47 Å². The van der Waals surface area contributed by atoms with Gasteiger partial charge in [-0.05, 0) is 30.5 Å². The van der Waals surface area contributed by atoms with Crippen molar-refractivity contribution < 1.29 is 14.3 Å².